The fourth-order valence-electron chi connectivity index (χ4n) is 0.911. The third-order valence-electron chi connectivity index (χ3n) is 1.84. The summed E-state index contributed by atoms with van der Waals surface area (Å²) in [7, 11) is 1.64. The highest BCUT2D eigenvalue weighted by Gasteiger charge is 2.01. The Bertz CT molecular complexity index is 278. The van der Waals surface area contributed by atoms with Gasteiger partial charge in [-0.15, -0.1) is 0 Å². The average molecular weight is 197 g/mol. The number of aromatic nitrogens is 1. The highest BCUT2D eigenvalue weighted by molar-refractivity contribution is 5.22. The van der Waals surface area contributed by atoms with Crippen LogP contribution in [-0.4, -0.2) is 29.9 Å². The summed E-state index contributed by atoms with van der Waals surface area (Å²) < 4.78 is 10.4. The lowest BCUT2D eigenvalue weighted by Gasteiger charge is -2.11. The van der Waals surface area contributed by atoms with Gasteiger partial charge in [0.2, 0.25) is 0 Å². The molecule has 0 aliphatic carbocycles. The third-order valence-corrected chi connectivity index (χ3v) is 1.84. The van der Waals surface area contributed by atoms with Gasteiger partial charge < -0.3 is 14.6 Å². The molecule has 14 heavy (non-hydrogen) atoms. The van der Waals surface area contributed by atoms with Gasteiger partial charge in [-0.2, -0.15) is 0 Å². The van der Waals surface area contributed by atoms with Crippen LogP contribution in [0, 0.1) is 0 Å². The topological polar surface area (TPSA) is 51.6 Å². The lowest BCUT2D eigenvalue weighted by atomic mass is 10.3. The molecule has 0 aliphatic heterocycles. The Morgan fingerprint density at radius 2 is 2.29 bits per heavy atom. The van der Waals surface area contributed by atoms with Crippen molar-refractivity contribution < 1.29 is 14.6 Å². The molecule has 0 aliphatic rings. The molecular weight excluding hydrogens is 182 g/mol. The zero-order valence-corrected chi connectivity index (χ0v) is 8.43. The van der Waals surface area contributed by atoms with Crippen LogP contribution in [0.2, 0.25) is 0 Å². The van der Waals surface area contributed by atoms with E-state index in [0.29, 0.717) is 12.4 Å². The molecule has 0 radical (unpaired) electrons. The van der Waals surface area contributed by atoms with E-state index in [1.807, 2.05) is 6.92 Å². The average Bonchev–Trinajstić information content (AvgIpc) is 2.26. The van der Waals surface area contributed by atoms with E-state index < -0.39 is 0 Å². The largest absolute Gasteiger partial charge is 0.489 e. The smallest absolute Gasteiger partial charge is 0.138 e. The molecule has 1 rings (SSSR count). The standard InChI is InChI=1S/C10H15NO3/c1-8(13-2)7-14-10-3-9(6-12)4-11-5-10/h3-5,8,12H,6-7H2,1-2H3/t8-/m0/s1. The van der Waals surface area contributed by atoms with Gasteiger partial charge in [-0.1, -0.05) is 0 Å². The van der Waals surface area contributed by atoms with Crippen LogP contribution >= 0.6 is 0 Å². The molecule has 1 aromatic rings. The highest BCUT2D eigenvalue weighted by atomic mass is 16.5. The Balaban J connectivity index is 2.50. The van der Waals surface area contributed by atoms with Gasteiger partial charge in [-0.25, -0.2) is 0 Å². The Kier molecular flexibility index (Phi) is 4.35. The van der Waals surface area contributed by atoms with Crippen LogP contribution in [0.25, 0.3) is 0 Å². The number of hydrogen-bond acceptors (Lipinski definition) is 4. The number of rotatable bonds is 5. The molecule has 0 aromatic carbocycles. The molecule has 0 fully saturated rings. The molecule has 0 unspecified atom stereocenters. The van der Waals surface area contributed by atoms with Crippen molar-refractivity contribution in [2.75, 3.05) is 13.7 Å². The summed E-state index contributed by atoms with van der Waals surface area (Å²) in [6, 6.07) is 1.76. The van der Waals surface area contributed by atoms with Gasteiger partial charge in [0.05, 0.1) is 18.9 Å². The van der Waals surface area contributed by atoms with Crippen molar-refractivity contribution in [3.8, 4) is 5.75 Å². The first-order chi connectivity index (χ1) is 6.76. The van der Waals surface area contributed by atoms with Crippen molar-refractivity contribution in [2.45, 2.75) is 19.6 Å². The summed E-state index contributed by atoms with van der Waals surface area (Å²) in [5.41, 5.74) is 0.743. The fraction of sp³-hybridized carbons (Fsp3) is 0.500. The van der Waals surface area contributed by atoms with Gasteiger partial charge >= 0.3 is 0 Å². The molecule has 1 atom stereocenters. The van der Waals surface area contributed by atoms with E-state index in [9.17, 15) is 0 Å². The predicted molar refractivity (Wildman–Crippen MR) is 52.1 cm³/mol. The van der Waals surface area contributed by atoms with E-state index in [1.54, 1.807) is 25.6 Å². The van der Waals surface area contributed by atoms with Gasteiger partial charge in [0.25, 0.3) is 0 Å². The Morgan fingerprint density at radius 1 is 1.50 bits per heavy atom. The van der Waals surface area contributed by atoms with E-state index in [2.05, 4.69) is 4.98 Å². The number of aliphatic hydroxyl groups is 1. The van der Waals surface area contributed by atoms with Crippen LogP contribution in [0.1, 0.15) is 12.5 Å². The number of pyridine rings is 1. The van der Waals surface area contributed by atoms with E-state index in [4.69, 9.17) is 14.6 Å². The van der Waals surface area contributed by atoms with Crippen LogP contribution in [0.3, 0.4) is 0 Å². The lowest BCUT2D eigenvalue weighted by Crippen LogP contribution is -2.16. The second-order valence-corrected chi connectivity index (χ2v) is 3.04. The first-order valence-corrected chi connectivity index (χ1v) is 4.46. The van der Waals surface area contributed by atoms with Crippen molar-refractivity contribution >= 4 is 0 Å². The minimum absolute atomic E-state index is 0.0238. The summed E-state index contributed by atoms with van der Waals surface area (Å²) in [5, 5.41) is 8.87. The van der Waals surface area contributed by atoms with Crippen LogP contribution in [0.4, 0.5) is 0 Å². The van der Waals surface area contributed by atoms with Crippen LogP contribution in [0.5, 0.6) is 5.75 Å². The molecule has 0 spiro atoms. The third kappa shape index (κ3) is 3.32. The maximum Gasteiger partial charge on any atom is 0.138 e. The predicted octanol–water partition coefficient (Wildman–Crippen LogP) is 0.988. The van der Waals surface area contributed by atoms with Crippen molar-refractivity contribution in [2.24, 2.45) is 0 Å². The molecule has 1 aromatic heterocycles. The molecular formula is C10H15NO3. The van der Waals surface area contributed by atoms with Crippen LogP contribution in [-0.2, 0) is 11.3 Å². The first kappa shape index (κ1) is 10.9. The molecule has 0 saturated heterocycles. The SMILES string of the molecule is CO[C@@H](C)COc1cncc(CO)c1. The first-order valence-electron chi connectivity index (χ1n) is 4.46. The Morgan fingerprint density at radius 3 is 2.93 bits per heavy atom. The van der Waals surface area contributed by atoms with Crippen molar-refractivity contribution in [1.29, 1.82) is 0 Å². The highest BCUT2D eigenvalue weighted by Crippen LogP contribution is 2.11. The molecule has 78 valence electrons. The fourth-order valence-corrected chi connectivity index (χ4v) is 0.911. The van der Waals surface area contributed by atoms with Gasteiger partial charge in [0, 0.05) is 13.3 Å². The molecule has 0 saturated carbocycles. The monoisotopic (exact) mass is 197 g/mol. The number of nitrogens with zero attached hydrogens (tertiary/aromatic N) is 1. The van der Waals surface area contributed by atoms with E-state index >= 15 is 0 Å². The molecule has 1 N–H and O–H groups in total. The molecule has 0 bridgehead atoms. The number of hydrogen-bond donors (Lipinski definition) is 1. The summed E-state index contributed by atoms with van der Waals surface area (Å²) in [4.78, 5) is 3.93. The van der Waals surface area contributed by atoms with Crippen molar-refractivity contribution in [3.63, 3.8) is 0 Å². The van der Waals surface area contributed by atoms with Gasteiger partial charge in [-0.05, 0) is 18.6 Å². The minimum Gasteiger partial charge on any atom is -0.489 e. The van der Waals surface area contributed by atoms with Gasteiger partial charge in [0.15, 0.2) is 0 Å². The van der Waals surface area contributed by atoms with Crippen LogP contribution < -0.4 is 4.74 Å². The van der Waals surface area contributed by atoms with Crippen molar-refractivity contribution in [3.05, 3.63) is 24.0 Å². The molecule has 4 heteroatoms. The lowest BCUT2D eigenvalue weighted by molar-refractivity contribution is 0.0714. The maximum absolute atomic E-state index is 8.87. The number of methoxy groups -OCH3 is 1. The summed E-state index contributed by atoms with van der Waals surface area (Å²) >= 11 is 0. The van der Waals surface area contributed by atoms with Gasteiger partial charge in [0.1, 0.15) is 12.4 Å². The number of ether oxygens (including phenoxy) is 2. The minimum atomic E-state index is -0.0238. The summed E-state index contributed by atoms with van der Waals surface area (Å²) in [5.74, 6) is 0.653. The molecule has 1 heterocycles. The summed E-state index contributed by atoms with van der Waals surface area (Å²) in [6.07, 6.45) is 3.27. The summed E-state index contributed by atoms with van der Waals surface area (Å²) in [6.45, 7) is 2.38. The van der Waals surface area contributed by atoms with Gasteiger partial charge in [-0.3, -0.25) is 4.98 Å². The Labute approximate surface area is 83.5 Å². The normalized spacial score (nSPS) is 12.5. The zero-order valence-electron chi connectivity index (χ0n) is 8.43. The van der Waals surface area contributed by atoms with E-state index in [-0.39, 0.29) is 12.7 Å². The quantitative estimate of drug-likeness (QED) is 0.764. The van der Waals surface area contributed by atoms with Crippen LogP contribution in [0.15, 0.2) is 18.5 Å². The Hall–Kier alpha value is -1.13. The number of aliphatic hydroxyl groups excluding tert-OH is 1. The van der Waals surface area contributed by atoms with E-state index in [0.717, 1.165) is 5.56 Å². The maximum atomic E-state index is 8.87. The van der Waals surface area contributed by atoms with E-state index in [1.165, 1.54) is 0 Å². The zero-order chi connectivity index (χ0) is 10.4. The second kappa shape index (κ2) is 5.57. The molecule has 4 nitrogen and oxygen atoms in total. The molecule has 0 amide bonds. The van der Waals surface area contributed by atoms with Crippen molar-refractivity contribution in [1.82, 2.24) is 4.98 Å². The second-order valence-electron chi connectivity index (χ2n) is 3.04.